The maximum Gasteiger partial charge on any atom is 0.409 e. The van der Waals surface area contributed by atoms with Gasteiger partial charge >= 0.3 is 6.09 Å². The molecule has 2 aromatic rings. The number of ether oxygens (including phenoxy) is 3. The van der Waals surface area contributed by atoms with Crippen molar-refractivity contribution < 1.29 is 68.2 Å². The summed E-state index contributed by atoms with van der Waals surface area (Å²) in [4.78, 5) is 80.5. The molecule has 0 aromatic heterocycles. The molecule has 2 aliphatic rings. The maximum atomic E-state index is 12.5. The van der Waals surface area contributed by atoms with Gasteiger partial charge in [0.15, 0.2) is 0 Å². The van der Waals surface area contributed by atoms with Gasteiger partial charge in [-0.3, -0.25) is 28.8 Å². The van der Waals surface area contributed by atoms with Crippen LogP contribution in [-0.2, 0) is 43.0 Å². The van der Waals surface area contributed by atoms with Crippen molar-refractivity contribution in [1.29, 1.82) is 0 Å². The number of aliphatic hydroxyl groups is 4. The van der Waals surface area contributed by atoms with Gasteiger partial charge in [-0.25, -0.2) is 4.79 Å². The highest BCUT2D eigenvalue weighted by atomic mass is 79.9. The first-order valence-corrected chi connectivity index (χ1v) is 25.4. The molecule has 0 atom stereocenters. The molecule has 0 saturated carbocycles. The lowest BCUT2D eigenvalue weighted by Crippen LogP contribution is -2.56. The highest BCUT2D eigenvalue weighted by Crippen LogP contribution is 2.44. The number of carbonyl (C=O) groups is 7. The Kier molecular flexibility index (Phi) is 39.1. The Morgan fingerprint density at radius 3 is 1.53 bits per heavy atom. The molecule has 4 rings (SSSR count). The van der Waals surface area contributed by atoms with Gasteiger partial charge in [0.05, 0.1) is 45.0 Å². The van der Waals surface area contributed by atoms with E-state index in [1.807, 2.05) is 24.3 Å². The first kappa shape index (κ1) is 68.5. The van der Waals surface area contributed by atoms with E-state index in [-0.39, 0.29) is 48.3 Å². The third-order valence-electron chi connectivity index (χ3n) is 10.5. The number of carbonyl (C=O) groups excluding carboxylic acids is 7. The van der Waals surface area contributed by atoms with Crippen LogP contribution in [0.5, 0.6) is 0 Å². The van der Waals surface area contributed by atoms with Crippen molar-refractivity contribution in [2.75, 3.05) is 111 Å². The molecule has 0 spiro atoms. The quantitative estimate of drug-likeness (QED) is 0.0269. The van der Waals surface area contributed by atoms with Gasteiger partial charge in [-0.1, -0.05) is 104 Å². The predicted molar refractivity (Wildman–Crippen MR) is 290 cm³/mol. The van der Waals surface area contributed by atoms with Crippen molar-refractivity contribution in [3.8, 4) is 11.1 Å². The number of hydrogen-bond acceptors (Lipinski definition) is 14. The van der Waals surface area contributed by atoms with Gasteiger partial charge in [-0.2, -0.15) is 0 Å². The molecular weight excluding hydrogens is 1040 g/mol. The Morgan fingerprint density at radius 2 is 1.08 bits per heavy atom. The van der Waals surface area contributed by atoms with Crippen molar-refractivity contribution in [2.24, 2.45) is 0 Å². The zero-order valence-electron chi connectivity index (χ0n) is 43.1. The van der Waals surface area contributed by atoms with Gasteiger partial charge in [0, 0.05) is 58.3 Å². The lowest BCUT2D eigenvalue weighted by Gasteiger charge is -2.33. The summed E-state index contributed by atoms with van der Waals surface area (Å²) in [5.41, 5.74) is 3.47. The van der Waals surface area contributed by atoms with Crippen LogP contribution >= 0.6 is 15.9 Å². The molecule has 2 aromatic carbocycles. The Labute approximate surface area is 449 Å². The normalized spacial score (nSPS) is 11.9. The number of nitrogens with one attached hydrogen (secondary N) is 5. The SMILES string of the molecule is C=CC(=O)N1CCN(C(=O)OCC2c3ccccc3-c3ccccc32)CC1.C=CC(=O)NC(CO)(CO)CO.C=CC(=O)NCCCCCNC(=O)CBr.C=CC(=O)NCCOCCOCCC.C=CC(=O)NCO. The van der Waals surface area contributed by atoms with E-state index in [1.165, 1.54) is 40.5 Å². The average molecular weight is 1120 g/mol. The Hall–Kier alpha value is -6.53. The summed E-state index contributed by atoms with van der Waals surface area (Å²) in [6, 6.07) is 16.6. The molecule has 1 aliphatic carbocycles. The van der Waals surface area contributed by atoms with Crippen LogP contribution in [0.2, 0.25) is 0 Å². The molecule has 1 heterocycles. The molecule has 0 unspecified atom stereocenters. The van der Waals surface area contributed by atoms with Crippen LogP contribution in [0.4, 0.5) is 4.79 Å². The zero-order chi connectivity index (χ0) is 56.3. The fourth-order valence-electron chi connectivity index (χ4n) is 6.43. The van der Waals surface area contributed by atoms with E-state index in [1.54, 1.807) is 9.80 Å². The van der Waals surface area contributed by atoms with Gasteiger partial charge in [0.25, 0.3) is 0 Å². The highest BCUT2D eigenvalue weighted by molar-refractivity contribution is 9.09. The summed E-state index contributed by atoms with van der Waals surface area (Å²) in [6.45, 7) is 23.3. The van der Waals surface area contributed by atoms with Crippen LogP contribution in [0, 0.1) is 0 Å². The predicted octanol–water partition coefficient (Wildman–Crippen LogP) is 2.21. The molecule has 1 saturated heterocycles. The minimum absolute atomic E-state index is 0.00922. The number of halogens is 1. The summed E-state index contributed by atoms with van der Waals surface area (Å²) in [6.07, 6.45) is 9.44. The molecule has 21 nitrogen and oxygen atoms in total. The maximum absolute atomic E-state index is 12.5. The van der Waals surface area contributed by atoms with Crippen molar-refractivity contribution in [3.05, 3.63) is 123 Å². The fourth-order valence-corrected chi connectivity index (χ4v) is 6.62. The summed E-state index contributed by atoms with van der Waals surface area (Å²) in [5, 5.41) is 47.0. The lowest BCUT2D eigenvalue weighted by molar-refractivity contribution is -0.127. The molecule has 22 heteroatoms. The molecule has 7 amide bonds. The first-order valence-electron chi connectivity index (χ1n) is 24.2. The van der Waals surface area contributed by atoms with Gasteiger partial charge in [0.1, 0.15) is 18.9 Å². The molecule has 0 radical (unpaired) electrons. The van der Waals surface area contributed by atoms with E-state index in [0.29, 0.717) is 77.6 Å². The summed E-state index contributed by atoms with van der Waals surface area (Å²) >= 11 is 3.06. The van der Waals surface area contributed by atoms with Crippen LogP contribution in [0.15, 0.2) is 112 Å². The number of rotatable bonds is 27. The zero-order valence-corrected chi connectivity index (χ0v) is 44.7. The smallest absolute Gasteiger partial charge is 0.409 e. The van der Waals surface area contributed by atoms with Crippen molar-refractivity contribution in [1.82, 2.24) is 36.4 Å². The van der Waals surface area contributed by atoms with Gasteiger partial charge in [-0.15, -0.1) is 0 Å². The van der Waals surface area contributed by atoms with E-state index >= 15 is 0 Å². The van der Waals surface area contributed by atoms with Gasteiger partial charge in [-0.05, 0) is 78.3 Å². The lowest BCUT2D eigenvalue weighted by atomic mass is 9.98. The number of aliphatic hydroxyl groups excluding tert-OH is 4. The second-order valence-corrected chi connectivity index (χ2v) is 16.5. The van der Waals surface area contributed by atoms with Gasteiger partial charge < -0.3 is 71.0 Å². The van der Waals surface area contributed by atoms with Crippen molar-refractivity contribution in [3.63, 3.8) is 0 Å². The number of piperazine rings is 1. The number of unbranched alkanes of at least 4 members (excludes halogenated alkanes) is 2. The summed E-state index contributed by atoms with van der Waals surface area (Å²) in [7, 11) is 0. The Morgan fingerprint density at radius 1 is 0.613 bits per heavy atom. The number of alkyl halides is 1. The molecule has 416 valence electrons. The standard InChI is InChI=1S/C22H22N2O3.C10H17BrN2O2.C10H19NO3.C7H13NO4.C4H7NO2/c1-2-21(25)23-11-13-24(14-12-23)22(26)27-15-20-18-9-5-3-7-16(18)17-8-4-6-10-19(17)20;1-2-9(14)12-6-4-3-5-7-13-10(15)8-11;1-3-6-13-8-9-14-7-5-11-10(12)4-2;1-2-6(12)8-7(3-9,4-10)5-11;1-2-4(7)5-3-6/h2-10,20H,1,11-15H2;2H,1,3-8H2,(H,12,14)(H,13,15);4H,2-3,5-9H2,1H3,(H,11,12);2,9-11H,1,3-5H2,(H,8,12);2,6H,1,3H2,(H,5,7). The van der Waals surface area contributed by atoms with Crippen LogP contribution < -0.4 is 26.6 Å². The fraction of sp³-hybridized carbons (Fsp3) is 0.453. The second kappa shape index (κ2) is 42.8. The first-order chi connectivity index (χ1) is 36.1. The molecular formula is C53H78BrN7O14. The van der Waals surface area contributed by atoms with E-state index in [0.717, 1.165) is 44.4 Å². The summed E-state index contributed by atoms with van der Waals surface area (Å²) in [5.74, 6) is -1.24. The number of benzene rings is 2. The van der Waals surface area contributed by atoms with E-state index in [2.05, 4.69) is 107 Å². The number of amides is 7. The Balaban J connectivity index is 0.000000987. The largest absolute Gasteiger partial charge is 0.448 e. The van der Waals surface area contributed by atoms with Crippen LogP contribution in [0.3, 0.4) is 0 Å². The highest BCUT2D eigenvalue weighted by Gasteiger charge is 2.31. The molecule has 9 N–H and O–H groups in total. The number of hydrogen-bond donors (Lipinski definition) is 9. The summed E-state index contributed by atoms with van der Waals surface area (Å²) < 4.78 is 16.1. The molecule has 1 aliphatic heterocycles. The number of fused-ring (bicyclic) bond motifs is 3. The molecule has 1 fully saturated rings. The van der Waals surface area contributed by atoms with E-state index in [4.69, 9.17) is 34.6 Å². The second-order valence-electron chi connectivity index (χ2n) is 15.9. The minimum atomic E-state index is -1.36. The van der Waals surface area contributed by atoms with Crippen molar-refractivity contribution in [2.45, 2.75) is 44.1 Å². The monoisotopic (exact) mass is 1120 g/mol. The Bertz CT molecular complexity index is 2030. The third-order valence-corrected chi connectivity index (χ3v) is 11.0. The van der Waals surface area contributed by atoms with Gasteiger partial charge in [0.2, 0.25) is 35.4 Å². The van der Waals surface area contributed by atoms with E-state index in [9.17, 15) is 33.6 Å². The van der Waals surface area contributed by atoms with Crippen LogP contribution in [-0.4, -0.2) is 188 Å². The molecule has 0 bridgehead atoms. The number of nitrogens with zero attached hydrogens (tertiary/aromatic N) is 2. The minimum Gasteiger partial charge on any atom is -0.448 e. The topological polar surface area (TPSA) is 295 Å². The van der Waals surface area contributed by atoms with Crippen LogP contribution in [0.25, 0.3) is 11.1 Å². The average Bonchev–Trinajstić information content (AvgIpc) is 3.77. The third kappa shape index (κ3) is 29.2. The molecule has 75 heavy (non-hydrogen) atoms. The van der Waals surface area contributed by atoms with Crippen LogP contribution in [0.1, 0.15) is 49.7 Å². The van der Waals surface area contributed by atoms with E-state index < -0.39 is 31.3 Å². The van der Waals surface area contributed by atoms with Crippen molar-refractivity contribution >= 4 is 57.5 Å².